The number of rotatable bonds is 1. The molecule has 0 saturated heterocycles. The Hall–Kier alpha value is -1.38. The zero-order chi connectivity index (χ0) is 8.27. The Morgan fingerprint density at radius 3 is 2.91 bits per heavy atom. The van der Waals surface area contributed by atoms with Crippen LogP contribution >= 0.6 is 0 Å². The van der Waals surface area contributed by atoms with Gasteiger partial charge in [-0.15, -0.1) is 0 Å². The molecule has 1 rings (SSSR count). The van der Waals surface area contributed by atoms with Crippen LogP contribution in [0.25, 0.3) is 0 Å². The highest BCUT2D eigenvalue weighted by Gasteiger charge is 2.12. The van der Waals surface area contributed by atoms with Crippen molar-refractivity contribution < 1.29 is 14.3 Å². The van der Waals surface area contributed by atoms with Crippen LogP contribution in [0.5, 0.6) is 0 Å². The van der Waals surface area contributed by atoms with Crippen LogP contribution in [0.3, 0.4) is 0 Å². The maximum Gasteiger partial charge on any atom is 0.308 e. The number of hydrogen-bond donors (Lipinski definition) is 0. The highest BCUT2D eigenvalue weighted by Crippen LogP contribution is 2.08. The molecule has 0 heterocycles. The molecule has 11 heavy (non-hydrogen) atoms. The molecule has 0 radical (unpaired) electrons. The largest absolute Gasteiger partial charge is 0.423 e. The second kappa shape index (κ2) is 3.14. The van der Waals surface area contributed by atoms with Crippen molar-refractivity contribution in [1.29, 1.82) is 0 Å². The lowest BCUT2D eigenvalue weighted by atomic mass is 10.1. The summed E-state index contributed by atoms with van der Waals surface area (Å²) in [5.41, 5.74) is 0. The van der Waals surface area contributed by atoms with Crippen molar-refractivity contribution in [3.63, 3.8) is 0 Å². The summed E-state index contributed by atoms with van der Waals surface area (Å²) < 4.78 is 4.62. The van der Waals surface area contributed by atoms with E-state index in [1.807, 2.05) is 0 Å². The second-order valence-corrected chi connectivity index (χ2v) is 2.18. The molecule has 3 heteroatoms. The van der Waals surface area contributed by atoms with Gasteiger partial charge in [0.15, 0.2) is 5.76 Å². The number of carbonyl (C=O) groups is 2. The van der Waals surface area contributed by atoms with Crippen molar-refractivity contribution in [3.05, 3.63) is 24.0 Å². The van der Waals surface area contributed by atoms with Gasteiger partial charge in [-0.1, -0.05) is 12.2 Å². The Morgan fingerprint density at radius 2 is 2.36 bits per heavy atom. The van der Waals surface area contributed by atoms with Gasteiger partial charge in [-0.05, 0) is 6.08 Å². The fraction of sp³-hybridized carbons (Fsp3) is 0.250. The predicted molar refractivity (Wildman–Crippen MR) is 38.6 cm³/mol. The number of allylic oxidation sites excluding steroid dienone is 4. The van der Waals surface area contributed by atoms with Gasteiger partial charge < -0.3 is 4.74 Å². The van der Waals surface area contributed by atoms with Crippen molar-refractivity contribution in [3.8, 4) is 0 Å². The minimum Gasteiger partial charge on any atom is -0.423 e. The van der Waals surface area contributed by atoms with E-state index in [2.05, 4.69) is 4.74 Å². The molecule has 0 aromatic rings. The summed E-state index contributed by atoms with van der Waals surface area (Å²) in [5, 5.41) is 0. The predicted octanol–water partition coefficient (Wildman–Crippen LogP) is 0.962. The van der Waals surface area contributed by atoms with E-state index in [1.54, 1.807) is 12.2 Å². The standard InChI is InChI=1S/C8H8O3/c1-6(9)11-8-5-3-2-4-7(8)10/h2-3,5H,4H2,1H3. The summed E-state index contributed by atoms with van der Waals surface area (Å²) in [5.74, 6) is -0.470. The van der Waals surface area contributed by atoms with Crippen molar-refractivity contribution in [2.45, 2.75) is 13.3 Å². The molecule has 3 nitrogen and oxygen atoms in total. The smallest absolute Gasteiger partial charge is 0.308 e. The third-order valence-electron chi connectivity index (χ3n) is 1.22. The Morgan fingerprint density at radius 1 is 1.64 bits per heavy atom. The summed E-state index contributed by atoms with van der Waals surface area (Å²) in [6, 6.07) is 0. The first-order valence-electron chi connectivity index (χ1n) is 3.28. The topological polar surface area (TPSA) is 43.4 Å². The average Bonchev–Trinajstić information content (AvgIpc) is 1.93. The molecule has 0 saturated carbocycles. The molecule has 0 fully saturated rings. The van der Waals surface area contributed by atoms with E-state index in [0.29, 0.717) is 6.42 Å². The van der Waals surface area contributed by atoms with E-state index in [1.165, 1.54) is 13.0 Å². The highest BCUT2D eigenvalue weighted by atomic mass is 16.5. The maximum atomic E-state index is 10.9. The van der Waals surface area contributed by atoms with Crippen LogP contribution in [0.15, 0.2) is 24.0 Å². The van der Waals surface area contributed by atoms with Gasteiger partial charge in [-0.3, -0.25) is 9.59 Å². The van der Waals surface area contributed by atoms with E-state index in [9.17, 15) is 9.59 Å². The van der Waals surface area contributed by atoms with Crippen LogP contribution in [0.1, 0.15) is 13.3 Å². The van der Waals surface area contributed by atoms with E-state index < -0.39 is 5.97 Å². The quantitative estimate of drug-likeness (QED) is 0.525. The van der Waals surface area contributed by atoms with Crippen LogP contribution in [0.4, 0.5) is 0 Å². The summed E-state index contributed by atoms with van der Waals surface area (Å²) in [6.45, 7) is 1.27. The Kier molecular flexibility index (Phi) is 2.21. The third kappa shape index (κ3) is 2.04. The molecule has 1 aliphatic rings. The second-order valence-electron chi connectivity index (χ2n) is 2.18. The molecule has 0 atom stereocenters. The van der Waals surface area contributed by atoms with E-state index in [-0.39, 0.29) is 11.5 Å². The summed E-state index contributed by atoms with van der Waals surface area (Å²) >= 11 is 0. The summed E-state index contributed by atoms with van der Waals surface area (Å²) in [6.07, 6.45) is 5.22. The highest BCUT2D eigenvalue weighted by molar-refractivity contribution is 5.97. The maximum absolute atomic E-state index is 10.9. The van der Waals surface area contributed by atoms with Gasteiger partial charge >= 0.3 is 5.97 Å². The molecule has 0 N–H and O–H groups in total. The SMILES string of the molecule is CC(=O)OC1=CC=CCC1=O. The molecule has 0 bridgehead atoms. The molecule has 0 unspecified atom stereocenters. The fourth-order valence-corrected chi connectivity index (χ4v) is 0.770. The fourth-order valence-electron chi connectivity index (χ4n) is 0.770. The van der Waals surface area contributed by atoms with Crippen LogP contribution < -0.4 is 0 Å². The number of hydrogen-bond acceptors (Lipinski definition) is 3. The van der Waals surface area contributed by atoms with E-state index in [0.717, 1.165) is 0 Å². The molecular weight excluding hydrogens is 144 g/mol. The van der Waals surface area contributed by atoms with Gasteiger partial charge in [-0.2, -0.15) is 0 Å². The Labute approximate surface area is 64.3 Å². The first kappa shape index (κ1) is 7.72. The summed E-state index contributed by atoms with van der Waals surface area (Å²) in [4.78, 5) is 21.4. The van der Waals surface area contributed by atoms with E-state index in [4.69, 9.17) is 0 Å². The van der Waals surface area contributed by atoms with Crippen molar-refractivity contribution >= 4 is 11.8 Å². The molecule has 1 aliphatic carbocycles. The molecule has 0 spiro atoms. The lowest BCUT2D eigenvalue weighted by molar-refractivity contribution is -0.140. The molecule has 0 aromatic carbocycles. The normalized spacial score (nSPS) is 16.1. The van der Waals surface area contributed by atoms with Crippen molar-refractivity contribution in [2.75, 3.05) is 0 Å². The monoisotopic (exact) mass is 152 g/mol. The average molecular weight is 152 g/mol. The molecule has 58 valence electrons. The van der Waals surface area contributed by atoms with Crippen molar-refractivity contribution in [1.82, 2.24) is 0 Å². The van der Waals surface area contributed by atoms with Gasteiger partial charge in [0.1, 0.15) is 0 Å². The number of ketones is 1. The number of Topliss-reactive ketones (excluding diaryl/α,β-unsaturated/α-hetero) is 1. The van der Waals surface area contributed by atoms with Gasteiger partial charge in [0.25, 0.3) is 0 Å². The van der Waals surface area contributed by atoms with Crippen LogP contribution in [0, 0.1) is 0 Å². The van der Waals surface area contributed by atoms with Gasteiger partial charge in [-0.25, -0.2) is 0 Å². The van der Waals surface area contributed by atoms with E-state index >= 15 is 0 Å². The zero-order valence-electron chi connectivity index (χ0n) is 6.16. The van der Waals surface area contributed by atoms with Crippen LogP contribution in [-0.4, -0.2) is 11.8 Å². The third-order valence-corrected chi connectivity index (χ3v) is 1.22. The lowest BCUT2D eigenvalue weighted by Gasteiger charge is -2.05. The number of carbonyl (C=O) groups excluding carboxylic acids is 2. The molecule has 0 aliphatic heterocycles. The number of ether oxygens (including phenoxy) is 1. The Balaban J connectivity index is 2.68. The van der Waals surface area contributed by atoms with Crippen molar-refractivity contribution in [2.24, 2.45) is 0 Å². The first-order valence-corrected chi connectivity index (χ1v) is 3.28. The minimum absolute atomic E-state index is 0.139. The first-order chi connectivity index (χ1) is 5.20. The Bertz CT molecular complexity index is 248. The minimum atomic E-state index is -0.458. The number of esters is 1. The van der Waals surface area contributed by atoms with Gasteiger partial charge in [0.05, 0.1) is 0 Å². The van der Waals surface area contributed by atoms with Crippen LogP contribution in [0.2, 0.25) is 0 Å². The molecule has 0 aromatic heterocycles. The zero-order valence-corrected chi connectivity index (χ0v) is 6.16. The summed E-state index contributed by atoms with van der Waals surface area (Å²) in [7, 11) is 0. The lowest BCUT2D eigenvalue weighted by Crippen LogP contribution is -2.10. The van der Waals surface area contributed by atoms with Gasteiger partial charge in [0, 0.05) is 13.3 Å². The molecule has 0 amide bonds. The van der Waals surface area contributed by atoms with Gasteiger partial charge in [0.2, 0.25) is 5.78 Å². The molecular formula is C8H8O3. The van der Waals surface area contributed by atoms with Crippen LogP contribution in [-0.2, 0) is 14.3 Å².